The molecule has 0 aliphatic rings. The molecule has 4 rings (SSSR count). The van der Waals surface area contributed by atoms with Crippen molar-refractivity contribution < 1.29 is 32.9 Å². The normalized spacial score (nSPS) is 12.9. The van der Waals surface area contributed by atoms with Crippen molar-refractivity contribution >= 4 is 16.6 Å². The molecule has 0 bridgehead atoms. The molecular formula is C52H80O7Si2. The van der Waals surface area contributed by atoms with Gasteiger partial charge in [-0.25, -0.2) is 0 Å². The summed E-state index contributed by atoms with van der Waals surface area (Å²) in [5.74, 6) is 4.25. The second-order valence-electron chi connectivity index (χ2n) is 20.4. The number of aryl methyl sites for hydroxylation is 4. The lowest BCUT2D eigenvalue weighted by molar-refractivity contribution is 0.0501. The Morgan fingerprint density at radius 2 is 0.951 bits per heavy atom. The van der Waals surface area contributed by atoms with Crippen LogP contribution in [0.15, 0.2) is 60.7 Å². The maximum absolute atomic E-state index is 11.3. The number of aliphatic hydroxyl groups excluding tert-OH is 1. The van der Waals surface area contributed by atoms with Crippen LogP contribution in [-0.2, 0) is 15.9 Å². The Morgan fingerprint density at radius 1 is 0.557 bits per heavy atom. The van der Waals surface area contributed by atoms with Crippen molar-refractivity contribution in [1.82, 2.24) is 0 Å². The number of rotatable bonds is 16. The summed E-state index contributed by atoms with van der Waals surface area (Å²) >= 11 is 0. The summed E-state index contributed by atoms with van der Waals surface area (Å²) in [4.78, 5) is 0. The van der Waals surface area contributed by atoms with Crippen LogP contribution < -0.4 is 18.3 Å². The number of methoxy groups -OCH3 is 2. The van der Waals surface area contributed by atoms with Gasteiger partial charge in [0.1, 0.15) is 29.1 Å². The van der Waals surface area contributed by atoms with Crippen LogP contribution in [-0.4, -0.2) is 49.5 Å². The van der Waals surface area contributed by atoms with Crippen molar-refractivity contribution in [3.8, 4) is 23.0 Å². The summed E-state index contributed by atoms with van der Waals surface area (Å²) in [6.07, 6.45) is 0.193. The molecule has 0 saturated carbocycles. The van der Waals surface area contributed by atoms with E-state index < -0.39 is 22.7 Å². The van der Waals surface area contributed by atoms with E-state index in [4.69, 9.17) is 27.8 Å². The molecule has 4 aromatic carbocycles. The molecule has 9 heteroatoms. The number of hydrogen-bond acceptors (Lipinski definition) is 7. The highest BCUT2D eigenvalue weighted by molar-refractivity contribution is 6.75. The number of hydrogen-bond donors (Lipinski definition) is 1. The fourth-order valence-corrected chi connectivity index (χ4v) is 8.86. The van der Waals surface area contributed by atoms with Crippen molar-refractivity contribution in [2.75, 3.05) is 27.8 Å². The van der Waals surface area contributed by atoms with Crippen LogP contribution >= 0.6 is 0 Å². The Bertz CT molecular complexity index is 2010. The van der Waals surface area contributed by atoms with Crippen LogP contribution in [0.2, 0.25) is 36.3 Å². The SMILES string of the molecule is COCOc1ccc(C(O)c2c(C)cc(O[Si](C)(C)C(C)(C)C)cc2C)cc1C(C)C.COCOc1ccc(Cc2c(C)cc(O[Si](C)(C)C(C)(C)C)cc2C)cc1C(C)C. The highest BCUT2D eigenvalue weighted by Crippen LogP contribution is 2.41. The van der Waals surface area contributed by atoms with Crippen LogP contribution in [0.5, 0.6) is 23.0 Å². The molecule has 0 amide bonds. The second kappa shape index (κ2) is 21.2. The first kappa shape index (κ1) is 51.7. The Morgan fingerprint density at radius 3 is 1.34 bits per heavy atom. The monoisotopic (exact) mass is 873 g/mol. The smallest absolute Gasteiger partial charge is 0.250 e. The van der Waals surface area contributed by atoms with Gasteiger partial charge in [-0.2, -0.15) is 0 Å². The molecule has 1 N–H and O–H groups in total. The molecule has 0 saturated heterocycles. The van der Waals surface area contributed by atoms with Crippen molar-refractivity contribution in [3.05, 3.63) is 116 Å². The molecule has 1 unspecified atom stereocenters. The van der Waals surface area contributed by atoms with Gasteiger partial charge in [0.05, 0.1) is 0 Å². The van der Waals surface area contributed by atoms with Crippen LogP contribution in [0.3, 0.4) is 0 Å². The maximum Gasteiger partial charge on any atom is 0.250 e. The van der Waals surface area contributed by atoms with Crippen LogP contribution in [0.1, 0.15) is 143 Å². The van der Waals surface area contributed by atoms with Crippen molar-refractivity contribution in [3.63, 3.8) is 0 Å². The largest absolute Gasteiger partial charge is 0.543 e. The van der Waals surface area contributed by atoms with E-state index in [1.165, 1.54) is 27.8 Å². The summed E-state index contributed by atoms with van der Waals surface area (Å²) in [7, 11) is -0.514. The van der Waals surface area contributed by atoms with Gasteiger partial charge in [-0.1, -0.05) is 87.4 Å². The van der Waals surface area contributed by atoms with E-state index in [9.17, 15) is 5.11 Å². The molecular weight excluding hydrogens is 793 g/mol. The van der Waals surface area contributed by atoms with Gasteiger partial charge in [-0.15, -0.1) is 0 Å². The maximum atomic E-state index is 11.3. The van der Waals surface area contributed by atoms with Gasteiger partial charge >= 0.3 is 0 Å². The third kappa shape index (κ3) is 13.7. The van der Waals surface area contributed by atoms with E-state index >= 15 is 0 Å². The Hall–Kier alpha value is -3.61. The Labute approximate surface area is 372 Å². The average Bonchev–Trinajstić information content (AvgIpc) is 3.13. The zero-order valence-electron chi connectivity index (χ0n) is 41.5. The molecule has 61 heavy (non-hydrogen) atoms. The third-order valence-electron chi connectivity index (χ3n) is 12.6. The summed E-state index contributed by atoms with van der Waals surface area (Å²) < 4.78 is 34.6. The van der Waals surface area contributed by atoms with Crippen LogP contribution in [0, 0.1) is 27.7 Å². The number of ether oxygens (including phenoxy) is 4. The van der Waals surface area contributed by atoms with Gasteiger partial charge in [0.25, 0.3) is 0 Å². The predicted octanol–water partition coefficient (Wildman–Crippen LogP) is 14.3. The summed E-state index contributed by atoms with van der Waals surface area (Å²) in [5, 5.41) is 11.6. The van der Waals surface area contributed by atoms with Gasteiger partial charge in [0.2, 0.25) is 16.6 Å². The first-order valence-corrected chi connectivity index (χ1v) is 27.7. The number of benzene rings is 4. The molecule has 4 aromatic rings. The zero-order chi connectivity index (χ0) is 46.2. The van der Waals surface area contributed by atoms with Gasteiger partial charge in [0, 0.05) is 14.2 Å². The van der Waals surface area contributed by atoms with Gasteiger partial charge in [0.15, 0.2) is 13.6 Å². The van der Waals surface area contributed by atoms with Crippen LogP contribution in [0.25, 0.3) is 0 Å². The zero-order valence-corrected chi connectivity index (χ0v) is 43.5. The molecule has 1 atom stereocenters. The highest BCUT2D eigenvalue weighted by atomic mass is 28.4. The quantitative estimate of drug-likeness (QED) is 0.0888. The summed E-state index contributed by atoms with van der Waals surface area (Å²) in [6, 6.07) is 20.9. The molecule has 0 spiro atoms. The van der Waals surface area contributed by atoms with Gasteiger partial charge in [-0.3, -0.25) is 0 Å². The number of aliphatic hydroxyl groups is 1. The van der Waals surface area contributed by atoms with Crippen LogP contribution in [0.4, 0.5) is 0 Å². The van der Waals surface area contributed by atoms with E-state index in [1.54, 1.807) is 14.2 Å². The van der Waals surface area contributed by atoms with Gasteiger partial charge < -0.3 is 32.9 Å². The molecule has 338 valence electrons. The average molecular weight is 873 g/mol. The fraction of sp³-hybridized carbons (Fsp3) is 0.538. The topological polar surface area (TPSA) is 75.6 Å². The molecule has 0 fully saturated rings. The fourth-order valence-electron chi connectivity index (χ4n) is 6.84. The predicted molar refractivity (Wildman–Crippen MR) is 260 cm³/mol. The molecule has 0 aromatic heterocycles. The third-order valence-corrected chi connectivity index (χ3v) is 21.3. The highest BCUT2D eigenvalue weighted by Gasteiger charge is 2.40. The van der Waals surface area contributed by atoms with Crippen molar-refractivity contribution in [2.24, 2.45) is 0 Å². The molecule has 0 aliphatic carbocycles. The molecule has 0 aliphatic heterocycles. The lowest BCUT2D eigenvalue weighted by atomic mass is 9.90. The summed E-state index contributed by atoms with van der Waals surface area (Å²) in [5.41, 5.74) is 11.4. The first-order chi connectivity index (χ1) is 28.1. The van der Waals surface area contributed by atoms with E-state index in [2.05, 4.69) is 152 Å². The minimum Gasteiger partial charge on any atom is -0.543 e. The molecule has 7 nitrogen and oxygen atoms in total. The van der Waals surface area contributed by atoms with Crippen molar-refractivity contribution in [1.29, 1.82) is 0 Å². The Balaban J connectivity index is 0.000000325. The van der Waals surface area contributed by atoms with E-state index in [0.717, 1.165) is 57.2 Å². The first-order valence-electron chi connectivity index (χ1n) is 21.9. The summed E-state index contributed by atoms with van der Waals surface area (Å²) in [6.45, 7) is 40.2. The minimum absolute atomic E-state index is 0.132. The van der Waals surface area contributed by atoms with Crippen molar-refractivity contribution in [2.45, 2.75) is 158 Å². The second-order valence-corrected chi connectivity index (χ2v) is 29.8. The Kier molecular flexibility index (Phi) is 18.0. The molecule has 0 heterocycles. The minimum atomic E-state index is -1.92. The lowest BCUT2D eigenvalue weighted by Gasteiger charge is -2.36. The van der Waals surface area contributed by atoms with Gasteiger partial charge in [-0.05, 0) is 180 Å². The van der Waals surface area contributed by atoms with E-state index in [0.29, 0.717) is 5.92 Å². The van der Waals surface area contributed by atoms with E-state index in [1.807, 2.05) is 32.0 Å². The van der Waals surface area contributed by atoms with E-state index in [-0.39, 0.29) is 29.6 Å². The molecule has 0 radical (unpaired) electrons. The standard InChI is InChI=1S/C26H40O4Si.C26H40O3Si/c1-17(2)22-15-20(11-12-23(22)29-16-28-8)25(27)24-18(3)13-21(14-19(24)4)30-31(9,10)26(5,6)7;1-18(2)23-15-21(11-12-25(23)28-17-27-8)16-24-19(3)13-22(14-20(24)4)29-30(9,10)26(5,6)7/h11-15,17,25,27H,16H2,1-10H3;11-15,18H,16-17H2,1-10H3. The lowest BCUT2D eigenvalue weighted by Crippen LogP contribution is -2.43.